The van der Waals surface area contributed by atoms with E-state index in [0.29, 0.717) is 18.9 Å². The third-order valence-corrected chi connectivity index (χ3v) is 4.51. The SMILES string of the molecule is Cc1cc(C)n(CCC(=O)N[C@H]2CCc3nnc(C(C)C)n3C2)n1. The van der Waals surface area contributed by atoms with Crippen LogP contribution in [0.4, 0.5) is 0 Å². The Hall–Kier alpha value is -2.18. The number of carbonyl (C=O) groups is 1. The molecule has 0 unspecified atom stereocenters. The van der Waals surface area contributed by atoms with E-state index in [0.717, 1.165) is 42.4 Å². The minimum atomic E-state index is 0.0789. The van der Waals surface area contributed by atoms with E-state index < -0.39 is 0 Å². The highest BCUT2D eigenvalue weighted by Gasteiger charge is 2.24. The molecule has 2 aromatic heterocycles. The largest absolute Gasteiger partial charge is 0.352 e. The van der Waals surface area contributed by atoms with Gasteiger partial charge in [0.25, 0.3) is 0 Å². The van der Waals surface area contributed by atoms with Crippen molar-refractivity contribution < 1.29 is 4.79 Å². The molecular weight excluding hydrogens is 304 g/mol. The minimum Gasteiger partial charge on any atom is -0.352 e. The summed E-state index contributed by atoms with van der Waals surface area (Å²) in [6, 6.07) is 2.18. The molecule has 0 bridgehead atoms. The third-order valence-electron chi connectivity index (χ3n) is 4.51. The molecular formula is C17H26N6O. The van der Waals surface area contributed by atoms with Crippen molar-refractivity contribution in [3.63, 3.8) is 0 Å². The minimum absolute atomic E-state index is 0.0789. The molecule has 1 atom stereocenters. The molecule has 130 valence electrons. The summed E-state index contributed by atoms with van der Waals surface area (Å²) in [6.07, 6.45) is 2.23. The predicted molar refractivity (Wildman–Crippen MR) is 90.7 cm³/mol. The highest BCUT2D eigenvalue weighted by molar-refractivity contribution is 5.76. The molecule has 1 aliphatic heterocycles. The first-order valence-corrected chi connectivity index (χ1v) is 8.66. The molecule has 1 N–H and O–H groups in total. The van der Waals surface area contributed by atoms with E-state index in [1.165, 1.54) is 0 Å². The number of nitrogens with zero attached hydrogens (tertiary/aromatic N) is 5. The van der Waals surface area contributed by atoms with Gasteiger partial charge in [0.05, 0.1) is 5.69 Å². The second-order valence-corrected chi connectivity index (χ2v) is 6.94. The Kier molecular flexibility index (Phi) is 4.69. The Morgan fingerprint density at radius 1 is 1.38 bits per heavy atom. The van der Waals surface area contributed by atoms with Crippen LogP contribution in [0.15, 0.2) is 6.07 Å². The van der Waals surface area contributed by atoms with Crippen LogP contribution in [0.2, 0.25) is 0 Å². The molecule has 0 aromatic carbocycles. The lowest BCUT2D eigenvalue weighted by atomic mass is 10.1. The Morgan fingerprint density at radius 2 is 2.17 bits per heavy atom. The van der Waals surface area contributed by atoms with Gasteiger partial charge in [0.2, 0.25) is 5.91 Å². The van der Waals surface area contributed by atoms with Gasteiger partial charge in [0.1, 0.15) is 11.6 Å². The maximum Gasteiger partial charge on any atom is 0.222 e. The quantitative estimate of drug-likeness (QED) is 0.906. The smallest absolute Gasteiger partial charge is 0.222 e. The molecule has 7 heteroatoms. The summed E-state index contributed by atoms with van der Waals surface area (Å²) in [7, 11) is 0. The van der Waals surface area contributed by atoms with Gasteiger partial charge in [-0.15, -0.1) is 10.2 Å². The highest BCUT2D eigenvalue weighted by Crippen LogP contribution is 2.20. The van der Waals surface area contributed by atoms with Gasteiger partial charge in [0.15, 0.2) is 0 Å². The van der Waals surface area contributed by atoms with E-state index in [9.17, 15) is 4.79 Å². The monoisotopic (exact) mass is 330 g/mol. The molecule has 24 heavy (non-hydrogen) atoms. The van der Waals surface area contributed by atoms with E-state index in [-0.39, 0.29) is 11.9 Å². The van der Waals surface area contributed by atoms with Crippen LogP contribution in [0.25, 0.3) is 0 Å². The summed E-state index contributed by atoms with van der Waals surface area (Å²) >= 11 is 0. The summed E-state index contributed by atoms with van der Waals surface area (Å²) in [5, 5.41) is 16.1. The number of nitrogens with one attached hydrogen (secondary N) is 1. The number of amides is 1. The summed E-state index contributed by atoms with van der Waals surface area (Å²) in [5.74, 6) is 2.46. The van der Waals surface area contributed by atoms with Crippen molar-refractivity contribution >= 4 is 5.91 Å². The van der Waals surface area contributed by atoms with Crippen LogP contribution < -0.4 is 5.32 Å². The third kappa shape index (κ3) is 3.49. The zero-order valence-corrected chi connectivity index (χ0v) is 14.9. The molecule has 0 fully saturated rings. The van der Waals surface area contributed by atoms with Crippen molar-refractivity contribution in [1.29, 1.82) is 0 Å². The molecule has 0 radical (unpaired) electrons. The Bertz CT molecular complexity index is 730. The van der Waals surface area contributed by atoms with Crippen molar-refractivity contribution in [2.45, 2.75) is 72.0 Å². The van der Waals surface area contributed by atoms with Crippen LogP contribution in [0.3, 0.4) is 0 Å². The molecule has 7 nitrogen and oxygen atoms in total. The average molecular weight is 330 g/mol. The maximum absolute atomic E-state index is 12.3. The molecule has 1 aliphatic rings. The molecule has 0 spiro atoms. The lowest BCUT2D eigenvalue weighted by molar-refractivity contribution is -0.122. The van der Waals surface area contributed by atoms with Gasteiger partial charge in [-0.25, -0.2) is 0 Å². The van der Waals surface area contributed by atoms with E-state index >= 15 is 0 Å². The average Bonchev–Trinajstić information content (AvgIpc) is 3.07. The normalized spacial score (nSPS) is 17.1. The van der Waals surface area contributed by atoms with Crippen LogP contribution >= 0.6 is 0 Å². The zero-order valence-electron chi connectivity index (χ0n) is 14.9. The van der Waals surface area contributed by atoms with Crippen LogP contribution in [0.1, 0.15) is 55.6 Å². The van der Waals surface area contributed by atoms with Gasteiger partial charge in [0, 0.05) is 43.6 Å². The number of rotatable bonds is 5. The van der Waals surface area contributed by atoms with Crippen molar-refractivity contribution in [3.8, 4) is 0 Å². The Labute approximate surface area is 142 Å². The summed E-state index contributed by atoms with van der Waals surface area (Å²) in [5.41, 5.74) is 2.08. The first kappa shape index (κ1) is 16.7. The van der Waals surface area contributed by atoms with Crippen LogP contribution in [-0.4, -0.2) is 36.5 Å². The fourth-order valence-electron chi connectivity index (χ4n) is 3.30. The van der Waals surface area contributed by atoms with E-state index in [1.54, 1.807) is 0 Å². The highest BCUT2D eigenvalue weighted by atomic mass is 16.1. The van der Waals surface area contributed by atoms with Gasteiger partial charge in [-0.3, -0.25) is 9.48 Å². The molecule has 3 rings (SSSR count). The summed E-state index contributed by atoms with van der Waals surface area (Å²) < 4.78 is 4.06. The van der Waals surface area contributed by atoms with Gasteiger partial charge < -0.3 is 9.88 Å². The van der Waals surface area contributed by atoms with Crippen molar-refractivity contribution in [2.75, 3.05) is 0 Å². The van der Waals surface area contributed by atoms with E-state index in [1.807, 2.05) is 24.6 Å². The van der Waals surface area contributed by atoms with Gasteiger partial charge in [-0.05, 0) is 26.3 Å². The van der Waals surface area contributed by atoms with Gasteiger partial charge >= 0.3 is 0 Å². The van der Waals surface area contributed by atoms with Crippen LogP contribution in [0, 0.1) is 13.8 Å². The second kappa shape index (κ2) is 6.75. The van der Waals surface area contributed by atoms with Crippen LogP contribution in [-0.2, 0) is 24.3 Å². The topological polar surface area (TPSA) is 77.6 Å². The van der Waals surface area contributed by atoms with Crippen LogP contribution in [0.5, 0.6) is 0 Å². The number of hydrogen-bond acceptors (Lipinski definition) is 4. The summed E-state index contributed by atoms with van der Waals surface area (Å²) in [4.78, 5) is 12.3. The lowest BCUT2D eigenvalue weighted by Crippen LogP contribution is -2.41. The number of aryl methyl sites for hydroxylation is 4. The first-order chi connectivity index (χ1) is 11.4. The van der Waals surface area contributed by atoms with E-state index in [4.69, 9.17) is 0 Å². The maximum atomic E-state index is 12.3. The fraction of sp³-hybridized carbons (Fsp3) is 0.647. The molecule has 0 aliphatic carbocycles. The number of fused-ring (bicyclic) bond motifs is 1. The fourth-order valence-corrected chi connectivity index (χ4v) is 3.30. The zero-order chi connectivity index (χ0) is 17.3. The predicted octanol–water partition coefficient (Wildman–Crippen LogP) is 1.74. The molecule has 3 heterocycles. The summed E-state index contributed by atoms with van der Waals surface area (Å²) in [6.45, 7) is 9.60. The number of hydrogen-bond donors (Lipinski definition) is 1. The number of aromatic nitrogens is 5. The standard InChI is InChI=1S/C17H26N6O/c1-11(2)17-20-19-15-6-5-14(10-22(15)17)18-16(24)7-8-23-13(4)9-12(3)21-23/h9,11,14H,5-8,10H2,1-4H3,(H,18,24)/t14-/m0/s1. The molecule has 0 saturated heterocycles. The Balaban J connectivity index is 1.55. The lowest BCUT2D eigenvalue weighted by Gasteiger charge is -2.26. The van der Waals surface area contributed by atoms with Gasteiger partial charge in [-0.1, -0.05) is 13.8 Å². The molecule has 0 saturated carbocycles. The van der Waals surface area contributed by atoms with Gasteiger partial charge in [-0.2, -0.15) is 5.10 Å². The Morgan fingerprint density at radius 3 is 2.83 bits per heavy atom. The second-order valence-electron chi connectivity index (χ2n) is 6.94. The molecule has 2 aromatic rings. The van der Waals surface area contributed by atoms with Crippen molar-refractivity contribution in [3.05, 3.63) is 29.1 Å². The van der Waals surface area contributed by atoms with Crippen molar-refractivity contribution in [1.82, 2.24) is 29.9 Å². The molecule has 1 amide bonds. The van der Waals surface area contributed by atoms with E-state index in [2.05, 4.69) is 39.0 Å². The number of carbonyl (C=O) groups excluding carboxylic acids is 1. The van der Waals surface area contributed by atoms with Crippen molar-refractivity contribution in [2.24, 2.45) is 0 Å². The first-order valence-electron chi connectivity index (χ1n) is 8.66.